The topological polar surface area (TPSA) is 53.4 Å². The number of carbonyl (C=O) groups excluding carboxylic acids is 1. The summed E-state index contributed by atoms with van der Waals surface area (Å²) in [7, 11) is 1.63. The van der Waals surface area contributed by atoms with Gasteiger partial charge in [0.25, 0.3) is 0 Å². The van der Waals surface area contributed by atoms with Crippen LogP contribution in [0.4, 0.5) is 0 Å². The van der Waals surface area contributed by atoms with Gasteiger partial charge in [-0.25, -0.2) is 0 Å². The molecule has 1 aromatic rings. The molecule has 1 aliphatic rings. The summed E-state index contributed by atoms with van der Waals surface area (Å²) in [5.41, 5.74) is -0.149. The van der Waals surface area contributed by atoms with E-state index in [1.165, 1.54) is 0 Å². The van der Waals surface area contributed by atoms with Gasteiger partial charge in [0.1, 0.15) is 11.3 Å². The minimum atomic E-state index is -0.715. The zero-order valence-corrected chi connectivity index (χ0v) is 12.2. The summed E-state index contributed by atoms with van der Waals surface area (Å²) in [5, 5.41) is 4.19. The van der Waals surface area contributed by atoms with E-state index in [9.17, 15) is 4.79 Å². The van der Waals surface area contributed by atoms with Crippen LogP contribution in [0.2, 0.25) is 0 Å². The highest BCUT2D eigenvalue weighted by Crippen LogP contribution is 2.31. The lowest BCUT2D eigenvalue weighted by Gasteiger charge is -2.22. The Balaban J connectivity index is 2.26. The van der Waals surface area contributed by atoms with Crippen molar-refractivity contribution in [3.05, 3.63) is 16.4 Å². The van der Waals surface area contributed by atoms with Gasteiger partial charge in [-0.05, 0) is 35.7 Å². The molecule has 1 atom stereocenters. The molecule has 1 aromatic heterocycles. The predicted octanol–water partition coefficient (Wildman–Crippen LogP) is 2.04. The highest BCUT2D eigenvalue weighted by Gasteiger charge is 2.40. The standard InChI is InChI=1S/C12H17BrN2O3/c1-12(4-3-6-18-12)11(16)10-9(13)8-14-15(10)5-7-17-2/h8H,3-7H2,1-2H3. The Kier molecular flexibility index (Phi) is 4.19. The van der Waals surface area contributed by atoms with Crippen LogP contribution in [0.5, 0.6) is 0 Å². The Morgan fingerprint density at radius 2 is 2.50 bits per heavy atom. The number of methoxy groups -OCH3 is 1. The fraction of sp³-hybridized carbons (Fsp3) is 0.667. The van der Waals surface area contributed by atoms with Crippen LogP contribution in [-0.2, 0) is 16.0 Å². The number of aromatic nitrogens is 2. The number of rotatable bonds is 5. The number of halogens is 1. The molecule has 1 unspecified atom stereocenters. The first-order valence-corrected chi connectivity index (χ1v) is 6.77. The van der Waals surface area contributed by atoms with Crippen molar-refractivity contribution in [2.75, 3.05) is 20.3 Å². The summed E-state index contributed by atoms with van der Waals surface area (Å²) in [4.78, 5) is 12.6. The number of hydrogen-bond donors (Lipinski definition) is 0. The molecule has 6 heteroatoms. The molecule has 0 aliphatic carbocycles. The van der Waals surface area contributed by atoms with Crippen molar-refractivity contribution < 1.29 is 14.3 Å². The Labute approximate surface area is 115 Å². The average Bonchev–Trinajstić information content (AvgIpc) is 2.93. The van der Waals surface area contributed by atoms with Crippen LogP contribution in [-0.4, -0.2) is 41.5 Å². The SMILES string of the molecule is COCCn1ncc(Br)c1C(=O)C1(C)CCCO1. The fourth-order valence-electron chi connectivity index (χ4n) is 2.14. The normalized spacial score (nSPS) is 23.5. The van der Waals surface area contributed by atoms with E-state index >= 15 is 0 Å². The minimum absolute atomic E-state index is 0.0134. The predicted molar refractivity (Wildman–Crippen MR) is 69.7 cm³/mol. The Morgan fingerprint density at radius 1 is 1.72 bits per heavy atom. The van der Waals surface area contributed by atoms with E-state index in [1.54, 1.807) is 18.0 Å². The summed E-state index contributed by atoms with van der Waals surface area (Å²) in [6, 6.07) is 0. The van der Waals surface area contributed by atoms with Gasteiger partial charge < -0.3 is 9.47 Å². The average molecular weight is 317 g/mol. The molecule has 5 nitrogen and oxygen atoms in total. The third-order valence-corrected chi connectivity index (χ3v) is 3.80. The first-order valence-electron chi connectivity index (χ1n) is 5.97. The first kappa shape index (κ1) is 13.7. The van der Waals surface area contributed by atoms with Crippen LogP contribution >= 0.6 is 15.9 Å². The lowest BCUT2D eigenvalue weighted by atomic mass is 9.95. The molecule has 18 heavy (non-hydrogen) atoms. The zero-order chi connectivity index (χ0) is 13.2. The number of Topliss-reactive ketones (excluding diaryl/α,β-unsaturated/α-hetero) is 1. The number of ketones is 1. The van der Waals surface area contributed by atoms with Crippen LogP contribution in [0, 0.1) is 0 Å². The highest BCUT2D eigenvalue weighted by atomic mass is 79.9. The van der Waals surface area contributed by atoms with Crippen molar-refractivity contribution in [2.45, 2.75) is 31.9 Å². The monoisotopic (exact) mass is 316 g/mol. The molecule has 0 bridgehead atoms. The van der Waals surface area contributed by atoms with E-state index < -0.39 is 5.60 Å². The van der Waals surface area contributed by atoms with Gasteiger partial charge in [0.05, 0.1) is 23.8 Å². The molecular weight excluding hydrogens is 300 g/mol. The molecule has 0 amide bonds. The lowest BCUT2D eigenvalue weighted by molar-refractivity contribution is 0.0202. The fourth-order valence-corrected chi connectivity index (χ4v) is 2.62. The van der Waals surface area contributed by atoms with Crippen molar-refractivity contribution in [1.82, 2.24) is 9.78 Å². The van der Waals surface area contributed by atoms with E-state index in [0.29, 0.717) is 29.9 Å². The Morgan fingerprint density at radius 3 is 3.11 bits per heavy atom. The maximum absolute atomic E-state index is 12.6. The number of nitrogens with zero attached hydrogens (tertiary/aromatic N) is 2. The van der Waals surface area contributed by atoms with Gasteiger partial charge >= 0.3 is 0 Å². The van der Waals surface area contributed by atoms with Crippen LogP contribution in [0.3, 0.4) is 0 Å². The van der Waals surface area contributed by atoms with Gasteiger partial charge in [0, 0.05) is 13.7 Å². The summed E-state index contributed by atoms with van der Waals surface area (Å²) >= 11 is 3.38. The second-order valence-electron chi connectivity index (χ2n) is 4.57. The van der Waals surface area contributed by atoms with Crippen molar-refractivity contribution in [2.24, 2.45) is 0 Å². The van der Waals surface area contributed by atoms with Gasteiger partial charge in [0.2, 0.25) is 5.78 Å². The molecule has 0 saturated carbocycles. The lowest BCUT2D eigenvalue weighted by Crippen LogP contribution is -2.36. The third-order valence-electron chi connectivity index (χ3n) is 3.22. The van der Waals surface area contributed by atoms with E-state index in [0.717, 1.165) is 12.8 Å². The van der Waals surface area contributed by atoms with E-state index in [4.69, 9.17) is 9.47 Å². The first-order chi connectivity index (χ1) is 8.58. The number of ether oxygens (including phenoxy) is 2. The summed E-state index contributed by atoms with van der Waals surface area (Å²) in [6.07, 6.45) is 3.32. The van der Waals surface area contributed by atoms with Crippen molar-refractivity contribution in [3.63, 3.8) is 0 Å². The highest BCUT2D eigenvalue weighted by molar-refractivity contribution is 9.10. The van der Waals surface area contributed by atoms with Crippen molar-refractivity contribution in [3.8, 4) is 0 Å². The maximum Gasteiger partial charge on any atom is 0.213 e. The molecule has 0 N–H and O–H groups in total. The van der Waals surface area contributed by atoms with Crippen molar-refractivity contribution in [1.29, 1.82) is 0 Å². The molecule has 1 fully saturated rings. The number of carbonyl (C=O) groups is 1. The maximum atomic E-state index is 12.6. The second-order valence-corrected chi connectivity index (χ2v) is 5.42. The summed E-state index contributed by atoms with van der Waals surface area (Å²) < 4.78 is 13.0. The van der Waals surface area contributed by atoms with Crippen LogP contribution < -0.4 is 0 Å². The largest absolute Gasteiger partial charge is 0.383 e. The van der Waals surface area contributed by atoms with E-state index in [2.05, 4.69) is 21.0 Å². The molecule has 1 saturated heterocycles. The van der Waals surface area contributed by atoms with Gasteiger partial charge in [-0.3, -0.25) is 9.48 Å². The van der Waals surface area contributed by atoms with Gasteiger partial charge in [-0.1, -0.05) is 0 Å². The second kappa shape index (κ2) is 5.50. The quantitative estimate of drug-likeness (QED) is 0.780. The van der Waals surface area contributed by atoms with Crippen molar-refractivity contribution >= 4 is 21.7 Å². The molecule has 2 heterocycles. The van der Waals surface area contributed by atoms with Crippen LogP contribution in [0.15, 0.2) is 10.7 Å². The Hall–Kier alpha value is -0.720. The number of hydrogen-bond acceptors (Lipinski definition) is 4. The molecule has 1 aliphatic heterocycles. The summed E-state index contributed by atoms with van der Waals surface area (Å²) in [5.74, 6) is -0.0134. The van der Waals surface area contributed by atoms with Gasteiger partial charge in [-0.2, -0.15) is 5.10 Å². The van der Waals surface area contributed by atoms with Crippen LogP contribution in [0.1, 0.15) is 30.3 Å². The minimum Gasteiger partial charge on any atom is -0.383 e. The Bertz CT molecular complexity index is 439. The molecule has 2 rings (SSSR count). The van der Waals surface area contributed by atoms with Crippen LogP contribution in [0.25, 0.3) is 0 Å². The third kappa shape index (κ3) is 2.50. The zero-order valence-electron chi connectivity index (χ0n) is 10.6. The smallest absolute Gasteiger partial charge is 0.213 e. The molecule has 0 radical (unpaired) electrons. The molecule has 0 aromatic carbocycles. The van der Waals surface area contributed by atoms with E-state index in [1.807, 2.05) is 6.92 Å². The summed E-state index contributed by atoms with van der Waals surface area (Å²) in [6.45, 7) is 3.57. The molecule has 100 valence electrons. The molecular formula is C12H17BrN2O3. The van der Waals surface area contributed by atoms with Gasteiger partial charge in [-0.15, -0.1) is 0 Å². The van der Waals surface area contributed by atoms with Gasteiger partial charge in [0.15, 0.2) is 0 Å². The van der Waals surface area contributed by atoms with E-state index in [-0.39, 0.29) is 5.78 Å². The molecule has 0 spiro atoms.